The van der Waals surface area contributed by atoms with Crippen LogP contribution in [0.15, 0.2) is 72.8 Å². The highest BCUT2D eigenvalue weighted by Crippen LogP contribution is 2.31. The highest BCUT2D eigenvalue weighted by molar-refractivity contribution is 5.88. The Hall–Kier alpha value is -4.90. The third-order valence-electron chi connectivity index (χ3n) is 9.17. The summed E-state index contributed by atoms with van der Waals surface area (Å²) in [6.45, 7) is 8.21. The number of nitrogens with one attached hydrogen (secondary N) is 1. The van der Waals surface area contributed by atoms with Crippen LogP contribution in [0.3, 0.4) is 0 Å². The number of aryl methyl sites for hydroxylation is 1. The Morgan fingerprint density at radius 2 is 1.71 bits per heavy atom. The minimum absolute atomic E-state index is 0.0477. The molecule has 1 fully saturated rings. The zero-order chi connectivity index (χ0) is 35.1. The molecule has 260 valence electrons. The Kier molecular flexibility index (Phi) is 11.2. The first-order valence-electron chi connectivity index (χ1n) is 16.9. The lowest BCUT2D eigenvalue weighted by Crippen LogP contribution is -2.54. The van der Waals surface area contributed by atoms with Crippen molar-refractivity contribution in [2.45, 2.75) is 76.9 Å². The predicted molar refractivity (Wildman–Crippen MR) is 192 cm³/mol. The number of piperidine rings is 1. The number of aromatic nitrogens is 2. The molecular weight excluding hydrogens is 620 g/mol. The number of carbonyl (C=O) groups excluding carboxylic acids is 2. The van der Waals surface area contributed by atoms with Crippen LogP contribution in [0.25, 0.3) is 22.2 Å². The summed E-state index contributed by atoms with van der Waals surface area (Å²) in [7, 11) is 1.71. The summed E-state index contributed by atoms with van der Waals surface area (Å²) in [5.41, 5.74) is 10.0. The topological polar surface area (TPSA) is 143 Å². The molecule has 2 atom stereocenters. The fourth-order valence-electron chi connectivity index (χ4n) is 6.99. The molecule has 4 aromatic rings. The van der Waals surface area contributed by atoms with E-state index in [2.05, 4.69) is 16.0 Å². The van der Waals surface area contributed by atoms with Crippen LogP contribution < -0.4 is 11.1 Å². The van der Waals surface area contributed by atoms with Crippen molar-refractivity contribution in [3.8, 4) is 11.1 Å². The Balaban J connectivity index is 1.34. The molecule has 11 heteroatoms. The average Bonchev–Trinajstić information content (AvgIpc) is 3.43. The second-order valence-electron chi connectivity index (χ2n) is 13.8. The van der Waals surface area contributed by atoms with Gasteiger partial charge in [-0.05, 0) is 87.4 Å². The largest absolute Gasteiger partial charge is 0.465 e. The van der Waals surface area contributed by atoms with Crippen LogP contribution in [0.5, 0.6) is 0 Å². The number of nitrogens with zero attached hydrogens (tertiary/aromatic N) is 4. The zero-order valence-electron chi connectivity index (χ0n) is 28.9. The number of anilines is 1. The van der Waals surface area contributed by atoms with Crippen molar-refractivity contribution < 1.29 is 24.2 Å². The van der Waals surface area contributed by atoms with Crippen LogP contribution in [0.1, 0.15) is 63.8 Å². The number of carboxylic acid groups (broad SMARTS) is 1. The minimum atomic E-state index is -1.05. The van der Waals surface area contributed by atoms with Crippen LogP contribution in [0, 0.1) is 0 Å². The lowest BCUT2D eigenvalue weighted by molar-refractivity contribution is -0.134. The van der Waals surface area contributed by atoms with E-state index in [1.54, 1.807) is 19.2 Å². The van der Waals surface area contributed by atoms with Crippen molar-refractivity contribution in [2.75, 3.05) is 32.1 Å². The first kappa shape index (κ1) is 35.4. The number of hydrogen-bond donors (Lipinski definition) is 3. The van der Waals surface area contributed by atoms with Crippen molar-refractivity contribution in [3.05, 3.63) is 84.2 Å². The Labute approximate surface area is 288 Å². The number of para-hydroxylation sites is 2. The fraction of sp³-hybridized carbons (Fsp3) is 0.421. The van der Waals surface area contributed by atoms with Gasteiger partial charge in [0.25, 0.3) is 0 Å². The summed E-state index contributed by atoms with van der Waals surface area (Å²) in [5.74, 6) is 1.03. The number of hydrogen-bond acceptors (Lipinski definition) is 5. The summed E-state index contributed by atoms with van der Waals surface area (Å²) in [4.78, 5) is 46.3. The van der Waals surface area contributed by atoms with Crippen molar-refractivity contribution in [1.82, 2.24) is 19.4 Å². The van der Waals surface area contributed by atoms with E-state index in [9.17, 15) is 19.5 Å². The lowest BCUT2D eigenvalue weighted by atomic mass is 9.93. The fourth-order valence-corrected chi connectivity index (χ4v) is 6.99. The van der Waals surface area contributed by atoms with Gasteiger partial charge in [0.15, 0.2) is 0 Å². The van der Waals surface area contributed by atoms with Gasteiger partial charge < -0.3 is 30.4 Å². The third kappa shape index (κ3) is 8.77. The molecular formula is C38H48N6O5. The Morgan fingerprint density at radius 3 is 2.35 bits per heavy atom. The van der Waals surface area contributed by atoms with E-state index in [1.807, 2.05) is 80.3 Å². The first-order valence-corrected chi connectivity index (χ1v) is 16.9. The van der Waals surface area contributed by atoms with Gasteiger partial charge in [-0.25, -0.2) is 14.6 Å². The quantitative estimate of drug-likeness (QED) is 0.143. The summed E-state index contributed by atoms with van der Waals surface area (Å²) < 4.78 is 7.59. The third-order valence-corrected chi connectivity index (χ3v) is 9.17. The number of amides is 4. The molecule has 1 aromatic heterocycles. The van der Waals surface area contributed by atoms with E-state index in [4.69, 9.17) is 15.5 Å². The van der Waals surface area contributed by atoms with E-state index in [0.29, 0.717) is 31.8 Å². The number of fused-ring (bicyclic) bond motifs is 1. The number of benzene rings is 3. The zero-order valence-corrected chi connectivity index (χ0v) is 28.9. The molecule has 2 unspecified atom stereocenters. The van der Waals surface area contributed by atoms with Crippen molar-refractivity contribution in [1.29, 1.82) is 0 Å². The van der Waals surface area contributed by atoms with Gasteiger partial charge >= 0.3 is 12.1 Å². The molecule has 0 bridgehead atoms. The van der Waals surface area contributed by atoms with Crippen LogP contribution in [-0.2, 0) is 22.5 Å². The molecule has 2 heterocycles. The second kappa shape index (κ2) is 15.5. The number of ether oxygens (including phenoxy) is 1. The van der Waals surface area contributed by atoms with Gasteiger partial charge in [0.1, 0.15) is 5.82 Å². The number of carbonyl (C=O) groups is 3. The van der Waals surface area contributed by atoms with Gasteiger partial charge in [0.2, 0.25) is 5.91 Å². The number of urea groups is 1. The normalized spacial score (nSPS) is 15.6. The van der Waals surface area contributed by atoms with Gasteiger partial charge in [-0.2, -0.15) is 0 Å². The SMILES string of the molecule is COCCCn1c(C2CCCN(C(=O)CC(Cc3ccc(-c4ccc(NC(N)=O)cc4)cc3)N(C(=O)O)C(C)(C)C)C2)nc2ccccc21. The Bertz CT molecular complexity index is 1750. The van der Waals surface area contributed by atoms with Gasteiger partial charge in [0.05, 0.1) is 11.0 Å². The average molecular weight is 669 g/mol. The number of nitrogens with two attached hydrogens (primary N) is 1. The number of primary amides is 1. The number of likely N-dealkylation sites (tertiary alicyclic amines) is 1. The van der Waals surface area contributed by atoms with Crippen LogP contribution >= 0.6 is 0 Å². The molecule has 0 radical (unpaired) electrons. The standard InChI is InChI=1S/C38H48N6O5/c1-38(2,3)44(37(47)48)31(23-26-12-14-27(15-13-26)28-16-18-30(19-17-28)40-36(39)46)24-34(45)42-20-7-9-29(25-42)35-41-32-10-5-6-11-33(32)43(35)21-8-22-49-4/h5-6,10-19,29,31H,7-9,20-25H2,1-4H3,(H,47,48)(H3,39,40,46). The molecule has 1 aliphatic heterocycles. The number of imidazole rings is 1. The van der Waals surface area contributed by atoms with Crippen LogP contribution in [0.4, 0.5) is 15.3 Å². The van der Waals surface area contributed by atoms with Crippen molar-refractivity contribution in [3.63, 3.8) is 0 Å². The minimum Gasteiger partial charge on any atom is -0.465 e. The summed E-state index contributed by atoms with van der Waals surface area (Å²) >= 11 is 0. The first-order chi connectivity index (χ1) is 23.4. The van der Waals surface area contributed by atoms with Gasteiger partial charge in [-0.1, -0.05) is 48.5 Å². The monoisotopic (exact) mass is 668 g/mol. The van der Waals surface area contributed by atoms with E-state index in [1.165, 1.54) is 4.90 Å². The van der Waals surface area contributed by atoms with Gasteiger partial charge in [0, 0.05) is 63.0 Å². The predicted octanol–water partition coefficient (Wildman–Crippen LogP) is 6.72. The van der Waals surface area contributed by atoms with Crippen LogP contribution in [-0.4, -0.2) is 80.9 Å². The molecule has 0 spiro atoms. The maximum absolute atomic E-state index is 14.1. The van der Waals surface area contributed by atoms with Gasteiger partial charge in [-0.3, -0.25) is 9.69 Å². The molecule has 4 amide bonds. The van der Waals surface area contributed by atoms with E-state index in [-0.39, 0.29) is 18.2 Å². The molecule has 3 aromatic carbocycles. The van der Waals surface area contributed by atoms with Crippen molar-refractivity contribution >= 4 is 34.8 Å². The summed E-state index contributed by atoms with van der Waals surface area (Å²) in [6, 6.07) is 22.3. The molecule has 0 aliphatic carbocycles. The molecule has 0 saturated carbocycles. The highest BCUT2D eigenvalue weighted by Gasteiger charge is 2.37. The number of methoxy groups -OCH3 is 1. The molecule has 1 aliphatic rings. The van der Waals surface area contributed by atoms with Crippen molar-refractivity contribution in [2.24, 2.45) is 5.73 Å². The van der Waals surface area contributed by atoms with E-state index in [0.717, 1.165) is 59.4 Å². The molecule has 11 nitrogen and oxygen atoms in total. The number of rotatable bonds is 12. The van der Waals surface area contributed by atoms with E-state index < -0.39 is 23.7 Å². The molecule has 1 saturated heterocycles. The summed E-state index contributed by atoms with van der Waals surface area (Å²) in [6.07, 6.45) is 2.07. The van der Waals surface area contributed by atoms with Crippen LogP contribution in [0.2, 0.25) is 0 Å². The van der Waals surface area contributed by atoms with E-state index >= 15 is 0 Å². The maximum Gasteiger partial charge on any atom is 0.408 e. The Morgan fingerprint density at radius 1 is 1.04 bits per heavy atom. The maximum atomic E-state index is 14.1. The molecule has 49 heavy (non-hydrogen) atoms. The smallest absolute Gasteiger partial charge is 0.408 e. The second-order valence-corrected chi connectivity index (χ2v) is 13.8. The highest BCUT2D eigenvalue weighted by atomic mass is 16.5. The molecule has 5 rings (SSSR count). The summed E-state index contributed by atoms with van der Waals surface area (Å²) in [5, 5.41) is 12.9. The van der Waals surface area contributed by atoms with Gasteiger partial charge in [-0.15, -0.1) is 0 Å². The lowest BCUT2D eigenvalue weighted by Gasteiger charge is -2.41. The molecule has 4 N–H and O–H groups in total.